The predicted molar refractivity (Wildman–Crippen MR) is 84.3 cm³/mol. The molecule has 1 nitrogen and oxygen atoms in total. The summed E-state index contributed by atoms with van der Waals surface area (Å²) in [5.74, 6) is 0.664. The van der Waals surface area contributed by atoms with Crippen LogP contribution in [0.4, 0.5) is 0 Å². The van der Waals surface area contributed by atoms with Crippen LogP contribution in [-0.2, 0) is 0 Å². The van der Waals surface area contributed by atoms with Gasteiger partial charge in [0, 0.05) is 22.5 Å². The first-order valence-electron chi connectivity index (χ1n) is 6.31. The zero-order chi connectivity index (χ0) is 12.5. The second-order valence-electron chi connectivity index (χ2n) is 4.84. The lowest BCUT2D eigenvalue weighted by Crippen LogP contribution is -2.10. The van der Waals surface area contributed by atoms with Gasteiger partial charge in [0.1, 0.15) is 0 Å². The highest BCUT2D eigenvalue weighted by atomic mass is 35.5. The van der Waals surface area contributed by atoms with Crippen molar-refractivity contribution in [2.75, 3.05) is 7.05 Å². The minimum Gasteiger partial charge on any atom is -0.316 e. The maximum atomic E-state index is 6.25. The van der Waals surface area contributed by atoms with E-state index in [1.165, 1.54) is 17.5 Å². The van der Waals surface area contributed by atoms with Gasteiger partial charge in [-0.2, -0.15) is 0 Å². The highest BCUT2D eigenvalue weighted by molar-refractivity contribution is 6.33. The van der Waals surface area contributed by atoms with Crippen LogP contribution in [0, 0.1) is 0 Å². The Kier molecular flexibility index (Phi) is 4.51. The molecule has 100 valence electrons. The van der Waals surface area contributed by atoms with Crippen molar-refractivity contribution in [1.29, 1.82) is 0 Å². The molecule has 3 rings (SSSR count). The van der Waals surface area contributed by atoms with Gasteiger partial charge in [0.25, 0.3) is 0 Å². The molecule has 0 aromatic heterocycles. The molecule has 0 aliphatic heterocycles. The summed E-state index contributed by atoms with van der Waals surface area (Å²) in [6.45, 7) is 0. The molecule has 2 atom stereocenters. The van der Waals surface area contributed by atoms with E-state index in [0.29, 0.717) is 12.0 Å². The quantitative estimate of drug-likeness (QED) is 0.878. The van der Waals surface area contributed by atoms with Gasteiger partial charge >= 0.3 is 0 Å². The summed E-state index contributed by atoms with van der Waals surface area (Å²) in [5.41, 5.74) is 3.73. The van der Waals surface area contributed by atoms with Crippen LogP contribution in [0.25, 0.3) is 11.1 Å². The summed E-state index contributed by atoms with van der Waals surface area (Å²) < 4.78 is 0. The van der Waals surface area contributed by atoms with E-state index >= 15 is 0 Å². The summed E-state index contributed by atoms with van der Waals surface area (Å²) in [5, 5.41) is 4.15. The normalized spacial score (nSPS) is 20.7. The molecule has 0 unspecified atom stereocenters. The fourth-order valence-corrected chi connectivity index (χ4v) is 2.76. The maximum Gasteiger partial charge on any atom is 0.0484 e. The predicted octanol–water partition coefficient (Wildman–Crippen LogP) is 4.50. The number of benzene rings is 2. The summed E-state index contributed by atoms with van der Waals surface area (Å²) in [4.78, 5) is 0. The average Bonchev–Trinajstić information content (AvgIpc) is 3.19. The van der Waals surface area contributed by atoms with E-state index in [1.807, 2.05) is 25.2 Å². The third-order valence-corrected chi connectivity index (χ3v) is 3.99. The van der Waals surface area contributed by atoms with Gasteiger partial charge in [-0.25, -0.2) is 0 Å². The molecule has 0 amide bonds. The molecule has 0 radical (unpaired) electrons. The Morgan fingerprint density at radius 2 is 1.89 bits per heavy atom. The van der Waals surface area contributed by atoms with Gasteiger partial charge < -0.3 is 5.32 Å². The molecule has 0 spiro atoms. The molecule has 1 N–H and O–H groups in total. The fourth-order valence-electron chi connectivity index (χ4n) is 2.51. The lowest BCUT2D eigenvalue weighted by molar-refractivity contribution is 0.784. The summed E-state index contributed by atoms with van der Waals surface area (Å²) in [6, 6.07) is 17.4. The Morgan fingerprint density at radius 3 is 2.58 bits per heavy atom. The SMILES string of the molecule is CN[C@@H]1C[C@H]1c1cccc(-c2ccccc2Cl)c1.Cl. The minimum atomic E-state index is 0. The van der Waals surface area contributed by atoms with Crippen molar-refractivity contribution in [3.05, 3.63) is 59.1 Å². The molecule has 19 heavy (non-hydrogen) atoms. The molecule has 0 heterocycles. The molecular weight excluding hydrogens is 277 g/mol. The molecular formula is C16H17Cl2N. The number of nitrogens with one attached hydrogen (secondary N) is 1. The Morgan fingerprint density at radius 1 is 1.11 bits per heavy atom. The summed E-state index contributed by atoms with van der Waals surface area (Å²) in [6.07, 6.45) is 1.24. The Hall–Kier alpha value is -1.02. The smallest absolute Gasteiger partial charge is 0.0484 e. The van der Waals surface area contributed by atoms with Crippen LogP contribution < -0.4 is 5.32 Å². The van der Waals surface area contributed by atoms with Gasteiger partial charge in [-0.05, 0) is 30.7 Å². The van der Waals surface area contributed by atoms with Gasteiger partial charge in [-0.3, -0.25) is 0 Å². The van der Waals surface area contributed by atoms with E-state index in [1.54, 1.807) is 0 Å². The van der Waals surface area contributed by atoms with Crippen molar-refractivity contribution in [1.82, 2.24) is 5.32 Å². The molecule has 0 bridgehead atoms. The van der Waals surface area contributed by atoms with Crippen LogP contribution in [0.1, 0.15) is 17.9 Å². The van der Waals surface area contributed by atoms with Crippen LogP contribution in [0.2, 0.25) is 5.02 Å². The number of halogens is 2. The minimum absolute atomic E-state index is 0. The van der Waals surface area contributed by atoms with Gasteiger partial charge in [0.15, 0.2) is 0 Å². The van der Waals surface area contributed by atoms with Crippen LogP contribution in [0.15, 0.2) is 48.5 Å². The highest BCUT2D eigenvalue weighted by Crippen LogP contribution is 2.41. The fraction of sp³-hybridized carbons (Fsp3) is 0.250. The van der Waals surface area contributed by atoms with Crippen LogP contribution in [0.3, 0.4) is 0 Å². The molecule has 1 aliphatic rings. The zero-order valence-corrected chi connectivity index (χ0v) is 12.3. The van der Waals surface area contributed by atoms with Gasteiger partial charge in [-0.15, -0.1) is 12.4 Å². The van der Waals surface area contributed by atoms with E-state index in [2.05, 4.69) is 35.6 Å². The topological polar surface area (TPSA) is 12.0 Å². The van der Waals surface area contributed by atoms with Crippen molar-refractivity contribution in [3.63, 3.8) is 0 Å². The van der Waals surface area contributed by atoms with Crippen molar-refractivity contribution >= 4 is 24.0 Å². The number of likely N-dealkylation sites (N-methyl/N-ethyl adjacent to an activating group) is 1. The third kappa shape index (κ3) is 2.94. The summed E-state index contributed by atoms with van der Waals surface area (Å²) >= 11 is 6.25. The second kappa shape index (κ2) is 5.96. The van der Waals surface area contributed by atoms with Gasteiger partial charge in [0.05, 0.1) is 0 Å². The van der Waals surface area contributed by atoms with E-state index in [0.717, 1.165) is 10.6 Å². The third-order valence-electron chi connectivity index (χ3n) is 3.66. The van der Waals surface area contributed by atoms with E-state index in [-0.39, 0.29) is 12.4 Å². The van der Waals surface area contributed by atoms with Crippen molar-refractivity contribution < 1.29 is 0 Å². The maximum absolute atomic E-state index is 6.25. The zero-order valence-electron chi connectivity index (χ0n) is 10.8. The molecule has 2 aromatic rings. The van der Waals surface area contributed by atoms with Crippen LogP contribution >= 0.6 is 24.0 Å². The second-order valence-corrected chi connectivity index (χ2v) is 5.25. The van der Waals surface area contributed by atoms with Crippen LogP contribution in [-0.4, -0.2) is 13.1 Å². The van der Waals surface area contributed by atoms with Crippen LogP contribution in [0.5, 0.6) is 0 Å². The summed E-state index contributed by atoms with van der Waals surface area (Å²) in [7, 11) is 2.03. The lowest BCUT2D eigenvalue weighted by atomic mass is 10.0. The Bertz CT molecular complexity index is 568. The standard InChI is InChI=1S/C16H16ClN.ClH/c1-18-16-10-14(16)12-6-4-5-11(9-12)13-7-2-3-8-15(13)17;/h2-9,14,16,18H,10H2,1H3;1H/t14-,16+;/m0./s1. The van der Waals surface area contributed by atoms with Crippen molar-refractivity contribution in [2.45, 2.75) is 18.4 Å². The molecule has 1 aliphatic carbocycles. The first-order chi connectivity index (χ1) is 8.79. The monoisotopic (exact) mass is 293 g/mol. The Balaban J connectivity index is 0.00000133. The lowest BCUT2D eigenvalue weighted by Gasteiger charge is -2.07. The first-order valence-corrected chi connectivity index (χ1v) is 6.69. The van der Waals surface area contributed by atoms with E-state index < -0.39 is 0 Å². The van der Waals surface area contributed by atoms with Crippen molar-refractivity contribution in [3.8, 4) is 11.1 Å². The number of hydrogen-bond donors (Lipinski definition) is 1. The molecule has 1 saturated carbocycles. The average molecular weight is 294 g/mol. The van der Waals surface area contributed by atoms with E-state index in [4.69, 9.17) is 11.6 Å². The van der Waals surface area contributed by atoms with Gasteiger partial charge in [0.2, 0.25) is 0 Å². The number of hydrogen-bond acceptors (Lipinski definition) is 1. The Labute approximate surface area is 125 Å². The number of rotatable bonds is 3. The first kappa shape index (κ1) is 14.4. The van der Waals surface area contributed by atoms with E-state index in [9.17, 15) is 0 Å². The molecule has 1 fully saturated rings. The largest absolute Gasteiger partial charge is 0.316 e. The highest BCUT2D eigenvalue weighted by Gasteiger charge is 2.36. The van der Waals surface area contributed by atoms with Crippen molar-refractivity contribution in [2.24, 2.45) is 0 Å². The molecule has 0 saturated heterocycles. The van der Waals surface area contributed by atoms with Gasteiger partial charge in [-0.1, -0.05) is 54.1 Å². The molecule has 3 heteroatoms. The molecule has 2 aromatic carbocycles.